The van der Waals surface area contributed by atoms with Gasteiger partial charge in [-0.05, 0) is 27.7 Å². The average Bonchev–Trinajstić information content (AvgIpc) is 2.87. The van der Waals surface area contributed by atoms with Crippen LogP contribution in [0.15, 0.2) is 0 Å². The largest absolute Gasteiger partial charge is 0.444 e. The number of hydrogen-bond acceptors (Lipinski definition) is 6. The van der Waals surface area contributed by atoms with E-state index in [1.165, 1.54) is 6.92 Å². The molecule has 2 amide bonds. The molecule has 0 aromatic rings. The number of nitrogens with zero attached hydrogens (tertiary/aromatic N) is 1. The van der Waals surface area contributed by atoms with Crippen LogP contribution in [0, 0.1) is 0 Å². The zero-order valence-corrected chi connectivity index (χ0v) is 12.6. The van der Waals surface area contributed by atoms with Crippen LogP contribution in [0.4, 0.5) is 4.79 Å². The highest BCUT2D eigenvalue weighted by Gasteiger charge is 2.54. The zero-order valence-electron chi connectivity index (χ0n) is 12.6. The fraction of sp³-hybridized carbons (Fsp3) is 0.846. The van der Waals surface area contributed by atoms with Crippen molar-refractivity contribution in [2.75, 3.05) is 0 Å². The molecule has 3 N–H and O–H groups in total. The maximum Gasteiger partial charge on any atom is 0.408 e. The summed E-state index contributed by atoms with van der Waals surface area (Å²) >= 11 is 0. The van der Waals surface area contributed by atoms with Gasteiger partial charge in [-0.3, -0.25) is 9.63 Å². The highest BCUT2D eigenvalue weighted by atomic mass is 16.7. The first-order valence-corrected chi connectivity index (χ1v) is 6.95. The molecule has 0 radical (unpaired) electrons. The Hall–Kier alpha value is -1.38. The molecule has 5 atom stereocenters. The lowest BCUT2D eigenvalue weighted by Crippen LogP contribution is -2.55. The molecule has 2 aliphatic rings. The van der Waals surface area contributed by atoms with E-state index in [4.69, 9.17) is 9.57 Å². The van der Waals surface area contributed by atoms with Gasteiger partial charge in [-0.2, -0.15) is 0 Å². The van der Waals surface area contributed by atoms with E-state index in [0.717, 1.165) is 5.06 Å². The third-order valence-corrected chi connectivity index (χ3v) is 3.47. The van der Waals surface area contributed by atoms with Crippen LogP contribution in [0.1, 0.15) is 34.1 Å². The molecule has 8 nitrogen and oxygen atoms in total. The number of carbonyl (C=O) groups is 2. The van der Waals surface area contributed by atoms with Gasteiger partial charge in [-0.25, -0.2) is 9.86 Å². The molecular formula is C13H22N2O6. The highest BCUT2D eigenvalue weighted by Crippen LogP contribution is 2.36. The van der Waals surface area contributed by atoms with Crippen molar-refractivity contribution in [2.45, 2.75) is 70.1 Å². The van der Waals surface area contributed by atoms with Crippen LogP contribution in [-0.2, 0) is 14.4 Å². The van der Waals surface area contributed by atoms with Gasteiger partial charge < -0.3 is 20.3 Å². The molecule has 0 spiro atoms. The third kappa shape index (κ3) is 3.28. The first-order chi connectivity index (χ1) is 9.60. The molecule has 2 rings (SSSR count). The Kier molecular flexibility index (Phi) is 4.14. The predicted octanol–water partition coefficient (Wildman–Crippen LogP) is -0.464. The van der Waals surface area contributed by atoms with E-state index in [2.05, 4.69) is 5.32 Å². The molecule has 0 aromatic heterocycles. The molecule has 120 valence electrons. The van der Waals surface area contributed by atoms with Gasteiger partial charge in [0.05, 0.1) is 6.04 Å². The van der Waals surface area contributed by atoms with Crippen LogP contribution in [0.2, 0.25) is 0 Å². The Balaban J connectivity index is 1.91. The number of alkyl carbamates (subject to hydrolysis) is 1. The van der Waals surface area contributed by atoms with Gasteiger partial charge in [-0.1, -0.05) is 0 Å². The van der Waals surface area contributed by atoms with Crippen molar-refractivity contribution < 1.29 is 29.4 Å². The molecule has 1 heterocycles. The van der Waals surface area contributed by atoms with Gasteiger partial charge in [0, 0.05) is 6.42 Å². The molecule has 4 unspecified atom stereocenters. The van der Waals surface area contributed by atoms with E-state index in [1.807, 2.05) is 0 Å². The number of rotatable bonds is 2. The summed E-state index contributed by atoms with van der Waals surface area (Å²) in [5, 5.41) is 22.9. The van der Waals surface area contributed by atoms with Crippen LogP contribution >= 0.6 is 0 Å². The minimum atomic E-state index is -1.03. The van der Waals surface area contributed by atoms with E-state index in [0.29, 0.717) is 6.42 Å². The average molecular weight is 302 g/mol. The molecule has 8 heteroatoms. The second kappa shape index (κ2) is 5.43. The van der Waals surface area contributed by atoms with Crippen molar-refractivity contribution >= 4 is 12.0 Å². The van der Waals surface area contributed by atoms with E-state index in [1.54, 1.807) is 20.8 Å². The molecule has 1 saturated heterocycles. The number of nitrogens with one attached hydrogen (secondary N) is 1. The number of hydrogen-bond donors (Lipinski definition) is 3. The second-order valence-corrected chi connectivity index (χ2v) is 6.46. The monoisotopic (exact) mass is 302 g/mol. The van der Waals surface area contributed by atoms with Gasteiger partial charge in [0.25, 0.3) is 5.91 Å². The highest BCUT2D eigenvalue weighted by molar-refractivity contribution is 5.85. The van der Waals surface area contributed by atoms with Gasteiger partial charge in [0.2, 0.25) is 0 Å². The Labute approximate surface area is 123 Å². The Bertz CT molecular complexity index is 433. The number of aliphatic hydroxyl groups is 2. The summed E-state index contributed by atoms with van der Waals surface area (Å²) in [6.07, 6.45) is -2.90. The molecule has 21 heavy (non-hydrogen) atoms. The van der Waals surface area contributed by atoms with Crippen molar-refractivity contribution in [3.63, 3.8) is 0 Å². The summed E-state index contributed by atoms with van der Waals surface area (Å²) in [7, 11) is 0. The van der Waals surface area contributed by atoms with Crippen LogP contribution in [0.3, 0.4) is 0 Å². The first kappa shape index (κ1) is 16.0. The standard InChI is InChI=1S/C13H22N2O6/c1-6(14-12(19)20-13(2,3)4)11(18)15-7-5-8(21-15)10(17)9(7)16/h6-10,16-17H,5H2,1-4H3,(H,14,19)/t6-,7?,8?,9?,10?/m1/s1. The van der Waals surface area contributed by atoms with Crippen LogP contribution in [0.5, 0.6) is 0 Å². The fourth-order valence-electron chi connectivity index (χ4n) is 2.48. The minimum absolute atomic E-state index is 0.382. The van der Waals surface area contributed by atoms with Crippen LogP contribution in [0.25, 0.3) is 0 Å². The van der Waals surface area contributed by atoms with Gasteiger partial charge >= 0.3 is 6.09 Å². The number of hydroxylamine groups is 2. The topological polar surface area (TPSA) is 108 Å². The molecular weight excluding hydrogens is 280 g/mol. The Morgan fingerprint density at radius 3 is 2.43 bits per heavy atom. The molecule has 0 aromatic carbocycles. The summed E-state index contributed by atoms with van der Waals surface area (Å²) < 4.78 is 5.07. The maximum absolute atomic E-state index is 12.2. The molecule has 1 saturated carbocycles. The van der Waals surface area contributed by atoms with Crippen molar-refractivity contribution in [3.05, 3.63) is 0 Å². The lowest BCUT2D eigenvalue weighted by Gasteiger charge is -2.33. The predicted molar refractivity (Wildman–Crippen MR) is 71.0 cm³/mol. The summed E-state index contributed by atoms with van der Waals surface area (Å²) in [5.41, 5.74) is -0.656. The molecule has 2 fully saturated rings. The lowest BCUT2D eigenvalue weighted by atomic mass is 10.1. The van der Waals surface area contributed by atoms with Crippen LogP contribution < -0.4 is 5.32 Å². The number of amides is 2. The summed E-state index contributed by atoms with van der Waals surface area (Å²) in [6.45, 7) is 6.67. The van der Waals surface area contributed by atoms with E-state index in [9.17, 15) is 19.8 Å². The van der Waals surface area contributed by atoms with Gasteiger partial charge in [0.15, 0.2) is 0 Å². The molecule has 1 aliphatic heterocycles. The van der Waals surface area contributed by atoms with E-state index in [-0.39, 0.29) is 0 Å². The Morgan fingerprint density at radius 2 is 1.95 bits per heavy atom. The first-order valence-electron chi connectivity index (χ1n) is 6.95. The second-order valence-electron chi connectivity index (χ2n) is 6.46. The number of aliphatic hydroxyl groups excluding tert-OH is 2. The SMILES string of the molecule is C[C@@H](NC(=O)OC(C)(C)C)C(=O)N1OC2CC1C(O)C2O. The number of carbonyl (C=O) groups excluding carboxylic acids is 2. The summed E-state index contributed by atoms with van der Waals surface area (Å²) in [6, 6.07) is -1.44. The van der Waals surface area contributed by atoms with E-state index >= 15 is 0 Å². The Morgan fingerprint density at radius 1 is 1.33 bits per heavy atom. The third-order valence-electron chi connectivity index (χ3n) is 3.47. The van der Waals surface area contributed by atoms with Gasteiger partial charge in [0.1, 0.15) is 30.0 Å². The molecule has 2 bridgehead atoms. The van der Waals surface area contributed by atoms with Crippen molar-refractivity contribution in [1.29, 1.82) is 0 Å². The van der Waals surface area contributed by atoms with Crippen molar-refractivity contribution in [1.82, 2.24) is 10.4 Å². The number of ether oxygens (including phenoxy) is 1. The van der Waals surface area contributed by atoms with Crippen molar-refractivity contribution in [2.24, 2.45) is 0 Å². The molecule has 1 aliphatic carbocycles. The van der Waals surface area contributed by atoms with Crippen molar-refractivity contribution in [3.8, 4) is 0 Å². The van der Waals surface area contributed by atoms with Gasteiger partial charge in [-0.15, -0.1) is 0 Å². The minimum Gasteiger partial charge on any atom is -0.444 e. The zero-order chi connectivity index (χ0) is 15.9. The quantitative estimate of drug-likeness (QED) is 0.637. The van der Waals surface area contributed by atoms with E-state index < -0.39 is 48.0 Å². The normalized spacial score (nSPS) is 33.0. The summed E-state index contributed by atoms with van der Waals surface area (Å²) in [4.78, 5) is 29.1. The maximum atomic E-state index is 12.2. The number of fused-ring (bicyclic) bond motifs is 2. The van der Waals surface area contributed by atoms with Crippen LogP contribution in [-0.4, -0.2) is 63.3 Å². The fourth-order valence-corrected chi connectivity index (χ4v) is 2.48. The lowest BCUT2D eigenvalue weighted by molar-refractivity contribution is -0.240. The smallest absolute Gasteiger partial charge is 0.408 e. The summed E-state index contributed by atoms with van der Waals surface area (Å²) in [5.74, 6) is -0.487.